The highest BCUT2D eigenvalue weighted by atomic mass is 16.2. The number of carbonyl (C=O) groups is 1. The van der Waals surface area contributed by atoms with Crippen LogP contribution < -0.4 is 0 Å². The minimum atomic E-state index is 0.100. The first kappa shape index (κ1) is 13.2. The van der Waals surface area contributed by atoms with Crippen molar-refractivity contribution in [1.82, 2.24) is 9.80 Å². The second kappa shape index (κ2) is 5.00. The molecule has 1 saturated heterocycles. The average Bonchev–Trinajstić information content (AvgIpc) is 2.15. The highest BCUT2D eigenvalue weighted by Crippen LogP contribution is 2.19. The molecule has 3 heteroatoms. The van der Waals surface area contributed by atoms with Gasteiger partial charge in [-0.2, -0.15) is 0 Å². The summed E-state index contributed by atoms with van der Waals surface area (Å²) in [6.07, 6.45) is 0. The van der Waals surface area contributed by atoms with Gasteiger partial charge < -0.3 is 4.90 Å². The summed E-state index contributed by atoms with van der Waals surface area (Å²) >= 11 is 0. The number of hydrogen-bond acceptors (Lipinski definition) is 2. The van der Waals surface area contributed by atoms with Crippen molar-refractivity contribution >= 4 is 5.91 Å². The summed E-state index contributed by atoms with van der Waals surface area (Å²) in [5.41, 5.74) is 0.636. The third-order valence-electron chi connectivity index (χ3n) is 3.28. The van der Waals surface area contributed by atoms with Crippen molar-refractivity contribution in [3.63, 3.8) is 0 Å². The molecule has 0 spiro atoms. The maximum absolute atomic E-state index is 12.0. The predicted molar refractivity (Wildman–Crippen MR) is 67.3 cm³/mol. The molecule has 2 atom stereocenters. The number of piperazine rings is 1. The lowest BCUT2D eigenvalue weighted by Crippen LogP contribution is -2.60. The van der Waals surface area contributed by atoms with E-state index in [1.54, 1.807) is 6.92 Å². The summed E-state index contributed by atoms with van der Waals surface area (Å²) in [7, 11) is 0. The van der Waals surface area contributed by atoms with Gasteiger partial charge in [0, 0.05) is 36.8 Å². The van der Waals surface area contributed by atoms with Crippen molar-refractivity contribution in [3.05, 3.63) is 12.2 Å². The van der Waals surface area contributed by atoms with Crippen molar-refractivity contribution in [2.75, 3.05) is 13.1 Å². The van der Waals surface area contributed by atoms with Gasteiger partial charge in [-0.3, -0.25) is 9.69 Å². The Labute approximate surface area is 99.1 Å². The topological polar surface area (TPSA) is 23.6 Å². The molecular weight excluding hydrogens is 200 g/mol. The van der Waals surface area contributed by atoms with E-state index in [9.17, 15) is 4.79 Å². The van der Waals surface area contributed by atoms with E-state index in [1.807, 2.05) is 4.90 Å². The summed E-state index contributed by atoms with van der Waals surface area (Å²) in [4.78, 5) is 16.4. The molecule has 1 amide bonds. The van der Waals surface area contributed by atoms with Gasteiger partial charge in [0.1, 0.15) is 0 Å². The summed E-state index contributed by atoms with van der Waals surface area (Å²) < 4.78 is 0. The Morgan fingerprint density at radius 2 is 1.69 bits per heavy atom. The molecule has 0 aromatic heterocycles. The fraction of sp³-hybridized carbons (Fsp3) is 0.769. The quantitative estimate of drug-likeness (QED) is 0.669. The number of hydrogen-bond donors (Lipinski definition) is 0. The largest absolute Gasteiger partial charge is 0.331 e. The molecule has 1 aliphatic heterocycles. The van der Waals surface area contributed by atoms with Crippen LogP contribution in [-0.4, -0.2) is 46.9 Å². The minimum Gasteiger partial charge on any atom is -0.331 e. The van der Waals surface area contributed by atoms with Gasteiger partial charge in [0.25, 0.3) is 0 Å². The Morgan fingerprint density at radius 1 is 1.25 bits per heavy atom. The van der Waals surface area contributed by atoms with Crippen molar-refractivity contribution in [2.45, 2.75) is 52.7 Å². The average molecular weight is 224 g/mol. The van der Waals surface area contributed by atoms with Crippen LogP contribution in [0.4, 0.5) is 0 Å². The summed E-state index contributed by atoms with van der Waals surface area (Å²) in [5.74, 6) is 0.100. The van der Waals surface area contributed by atoms with Crippen LogP contribution in [0.2, 0.25) is 0 Å². The van der Waals surface area contributed by atoms with Crippen molar-refractivity contribution in [1.29, 1.82) is 0 Å². The second-order valence-corrected chi connectivity index (χ2v) is 5.24. The second-order valence-electron chi connectivity index (χ2n) is 5.24. The predicted octanol–water partition coefficient (Wildman–Crippen LogP) is 1.89. The van der Waals surface area contributed by atoms with Gasteiger partial charge in [0.2, 0.25) is 5.91 Å². The summed E-state index contributed by atoms with van der Waals surface area (Å²) in [5, 5.41) is 0. The van der Waals surface area contributed by atoms with E-state index < -0.39 is 0 Å². The van der Waals surface area contributed by atoms with E-state index in [0.29, 0.717) is 11.6 Å². The van der Waals surface area contributed by atoms with Gasteiger partial charge in [0.05, 0.1) is 0 Å². The van der Waals surface area contributed by atoms with E-state index in [0.717, 1.165) is 13.1 Å². The molecule has 1 heterocycles. The highest BCUT2D eigenvalue weighted by Gasteiger charge is 2.33. The van der Waals surface area contributed by atoms with Gasteiger partial charge >= 0.3 is 0 Å². The zero-order chi connectivity index (χ0) is 12.5. The van der Waals surface area contributed by atoms with Gasteiger partial charge in [0.15, 0.2) is 0 Å². The highest BCUT2D eigenvalue weighted by molar-refractivity contribution is 5.92. The zero-order valence-electron chi connectivity index (χ0n) is 11.2. The molecule has 0 aromatic carbocycles. The van der Waals surface area contributed by atoms with Gasteiger partial charge in [-0.05, 0) is 34.6 Å². The van der Waals surface area contributed by atoms with E-state index in [-0.39, 0.29) is 18.0 Å². The molecule has 92 valence electrons. The van der Waals surface area contributed by atoms with Crippen molar-refractivity contribution in [3.8, 4) is 0 Å². The van der Waals surface area contributed by atoms with Gasteiger partial charge in [-0.25, -0.2) is 0 Å². The third-order valence-corrected chi connectivity index (χ3v) is 3.28. The van der Waals surface area contributed by atoms with E-state index in [4.69, 9.17) is 0 Å². The smallest absolute Gasteiger partial charge is 0.249 e. The number of amides is 1. The molecule has 0 radical (unpaired) electrons. The molecule has 0 aliphatic carbocycles. The SMILES string of the molecule is C=C(C)C(=O)N1[C@H](C)CN(C(C)C)C[C@@H]1C. The molecule has 0 saturated carbocycles. The van der Waals surface area contributed by atoms with Crippen LogP contribution >= 0.6 is 0 Å². The molecule has 16 heavy (non-hydrogen) atoms. The van der Waals surface area contributed by atoms with Crippen LogP contribution in [0, 0.1) is 0 Å². The number of rotatable bonds is 2. The standard InChI is InChI=1S/C13H24N2O/c1-9(2)13(16)15-11(5)7-14(10(3)4)8-12(15)6/h10-12H,1,7-8H2,2-6H3/t11-,12+. The van der Waals surface area contributed by atoms with Crippen LogP contribution in [0.25, 0.3) is 0 Å². The minimum absolute atomic E-state index is 0.100. The molecule has 1 aliphatic rings. The maximum Gasteiger partial charge on any atom is 0.249 e. The molecule has 0 unspecified atom stereocenters. The van der Waals surface area contributed by atoms with Crippen LogP contribution in [-0.2, 0) is 4.79 Å². The Kier molecular flexibility index (Phi) is 4.14. The van der Waals surface area contributed by atoms with E-state index >= 15 is 0 Å². The van der Waals surface area contributed by atoms with Crippen LogP contribution in [0.3, 0.4) is 0 Å². The van der Waals surface area contributed by atoms with Crippen LogP contribution in [0.1, 0.15) is 34.6 Å². The lowest BCUT2D eigenvalue weighted by Gasteiger charge is -2.46. The van der Waals surface area contributed by atoms with Crippen LogP contribution in [0.5, 0.6) is 0 Å². The Balaban J connectivity index is 2.76. The monoisotopic (exact) mass is 224 g/mol. The first-order chi connectivity index (χ1) is 7.34. The molecule has 0 N–H and O–H groups in total. The van der Waals surface area contributed by atoms with Gasteiger partial charge in [-0.1, -0.05) is 6.58 Å². The molecular formula is C13H24N2O. The molecule has 0 aromatic rings. The molecule has 0 bridgehead atoms. The Hall–Kier alpha value is -0.830. The fourth-order valence-corrected chi connectivity index (χ4v) is 2.41. The van der Waals surface area contributed by atoms with Crippen molar-refractivity contribution in [2.24, 2.45) is 0 Å². The molecule has 1 fully saturated rings. The Morgan fingerprint density at radius 3 is 2.00 bits per heavy atom. The molecule has 3 nitrogen and oxygen atoms in total. The fourth-order valence-electron chi connectivity index (χ4n) is 2.41. The number of nitrogens with zero attached hydrogens (tertiary/aromatic N) is 2. The molecule has 1 rings (SSSR count). The lowest BCUT2D eigenvalue weighted by molar-refractivity contribution is -0.135. The van der Waals surface area contributed by atoms with Crippen molar-refractivity contribution < 1.29 is 4.79 Å². The van der Waals surface area contributed by atoms with E-state index in [1.165, 1.54) is 0 Å². The first-order valence-electron chi connectivity index (χ1n) is 6.06. The van der Waals surface area contributed by atoms with Crippen LogP contribution in [0.15, 0.2) is 12.2 Å². The summed E-state index contributed by atoms with van der Waals surface area (Å²) in [6, 6.07) is 1.10. The van der Waals surface area contributed by atoms with E-state index in [2.05, 4.69) is 39.2 Å². The zero-order valence-corrected chi connectivity index (χ0v) is 11.2. The normalized spacial score (nSPS) is 27.2. The lowest BCUT2D eigenvalue weighted by atomic mass is 10.0. The summed E-state index contributed by atoms with van der Waals surface area (Å²) in [6.45, 7) is 16.1. The Bertz CT molecular complexity index is 274. The number of carbonyl (C=O) groups excluding carboxylic acids is 1. The van der Waals surface area contributed by atoms with Gasteiger partial charge in [-0.15, -0.1) is 0 Å². The first-order valence-corrected chi connectivity index (χ1v) is 6.06. The maximum atomic E-state index is 12.0. The third kappa shape index (κ3) is 2.64.